The fourth-order valence-corrected chi connectivity index (χ4v) is 6.47. The van der Waals surface area contributed by atoms with Crippen molar-refractivity contribution >= 4 is 40.3 Å². The molecule has 15 heteroatoms. The van der Waals surface area contributed by atoms with Gasteiger partial charge in [-0.1, -0.05) is 68.4 Å². The fourth-order valence-electron chi connectivity index (χ4n) is 6.47. The minimum absolute atomic E-state index is 0.323. The number of nitrogens with one attached hydrogen (secondary N) is 4. The molecule has 3 amide bonds. The van der Waals surface area contributed by atoms with Gasteiger partial charge in [-0.15, -0.1) is 0 Å². The van der Waals surface area contributed by atoms with E-state index in [1.54, 1.807) is 18.3 Å². The van der Waals surface area contributed by atoms with E-state index in [0.717, 1.165) is 46.2 Å². The van der Waals surface area contributed by atoms with E-state index in [1.807, 2.05) is 67.6 Å². The third-order valence-electron chi connectivity index (χ3n) is 9.67. The average Bonchev–Trinajstić information content (AvgIpc) is 3.24. The largest absolute Gasteiger partial charge is 0.491 e. The number of rotatable bonds is 30. The van der Waals surface area contributed by atoms with Crippen molar-refractivity contribution in [2.24, 2.45) is 5.92 Å². The highest BCUT2D eigenvalue weighted by atomic mass is 16.6. The van der Waals surface area contributed by atoms with E-state index < -0.39 is 36.4 Å². The highest BCUT2D eigenvalue weighted by Crippen LogP contribution is 2.35. The molecule has 0 bridgehead atoms. The third-order valence-corrected chi connectivity index (χ3v) is 9.67. The number of ether oxygens (including phenoxy) is 5. The van der Waals surface area contributed by atoms with Crippen LogP contribution in [0.1, 0.15) is 63.6 Å². The Hall–Kier alpha value is -5.61. The number of benzene rings is 3. The van der Waals surface area contributed by atoms with Crippen LogP contribution in [-0.4, -0.2) is 112 Å². The molecule has 1 aromatic heterocycles. The van der Waals surface area contributed by atoms with Gasteiger partial charge in [-0.2, -0.15) is 0 Å². The first kappa shape index (κ1) is 49.0. The SMILES string of the molecule is CC(=O)N[C@@H](CCCNc1cc(C)ccn1)C(=O)NCC(=O)N[C@@H](CC(=O)O)c1ccc(-c2ccc(OCCOCCOCCOCCOCCC(C)C)c3ccccc23)cc1. The maximum absolute atomic E-state index is 13.0. The zero-order chi connectivity index (χ0) is 44.5. The van der Waals surface area contributed by atoms with Crippen LogP contribution in [-0.2, 0) is 38.1 Å². The predicted octanol–water partition coefficient (Wildman–Crippen LogP) is 5.85. The summed E-state index contributed by atoms with van der Waals surface area (Å²) in [5.74, 6) is -0.501. The Balaban J connectivity index is 1.23. The maximum Gasteiger partial charge on any atom is 0.305 e. The summed E-state index contributed by atoms with van der Waals surface area (Å²) in [6.45, 7) is 12.3. The summed E-state index contributed by atoms with van der Waals surface area (Å²) in [4.78, 5) is 54.0. The van der Waals surface area contributed by atoms with Gasteiger partial charge >= 0.3 is 5.97 Å². The van der Waals surface area contributed by atoms with E-state index in [1.165, 1.54) is 6.92 Å². The number of pyridine rings is 1. The first-order chi connectivity index (χ1) is 30.0. The number of aromatic nitrogens is 1. The molecule has 0 spiro atoms. The van der Waals surface area contributed by atoms with Crippen LogP contribution in [0.5, 0.6) is 5.75 Å². The number of carbonyl (C=O) groups is 4. The lowest BCUT2D eigenvalue weighted by Gasteiger charge is -2.20. The van der Waals surface area contributed by atoms with Gasteiger partial charge in [0.25, 0.3) is 0 Å². The lowest BCUT2D eigenvalue weighted by atomic mass is 9.95. The topological polar surface area (TPSA) is 196 Å². The van der Waals surface area contributed by atoms with Gasteiger partial charge in [-0.25, -0.2) is 4.98 Å². The van der Waals surface area contributed by atoms with E-state index >= 15 is 0 Å². The highest BCUT2D eigenvalue weighted by Gasteiger charge is 2.22. The van der Waals surface area contributed by atoms with E-state index in [2.05, 4.69) is 40.1 Å². The van der Waals surface area contributed by atoms with Crippen LogP contribution in [0.2, 0.25) is 0 Å². The number of anilines is 1. The van der Waals surface area contributed by atoms with Gasteiger partial charge in [-0.05, 0) is 77.9 Å². The number of carboxylic acids is 1. The highest BCUT2D eigenvalue weighted by molar-refractivity contribution is 6.00. The normalized spacial score (nSPS) is 12.1. The molecule has 0 aliphatic rings. The van der Waals surface area contributed by atoms with Crippen LogP contribution in [0, 0.1) is 12.8 Å². The molecular weight excluding hydrogens is 795 g/mol. The van der Waals surface area contributed by atoms with Crippen LogP contribution < -0.4 is 26.0 Å². The van der Waals surface area contributed by atoms with Crippen LogP contribution in [0.15, 0.2) is 79.0 Å². The van der Waals surface area contributed by atoms with Crippen molar-refractivity contribution in [1.29, 1.82) is 0 Å². The molecule has 0 aliphatic carbocycles. The Morgan fingerprint density at radius 1 is 0.742 bits per heavy atom. The van der Waals surface area contributed by atoms with Crippen LogP contribution in [0.4, 0.5) is 5.82 Å². The Morgan fingerprint density at radius 3 is 2.02 bits per heavy atom. The van der Waals surface area contributed by atoms with E-state index in [0.29, 0.717) is 89.5 Å². The number of carbonyl (C=O) groups excluding carboxylic acids is 3. The summed E-state index contributed by atoms with van der Waals surface area (Å²) in [7, 11) is 0. The van der Waals surface area contributed by atoms with Gasteiger partial charge in [0.05, 0.1) is 65.3 Å². The Morgan fingerprint density at radius 2 is 1.39 bits per heavy atom. The number of aliphatic carboxylic acids is 1. The fraction of sp³-hybridized carbons (Fsp3) is 0.468. The minimum atomic E-state index is -1.10. The molecule has 0 aliphatic heterocycles. The van der Waals surface area contributed by atoms with Crippen molar-refractivity contribution in [2.75, 3.05) is 77.9 Å². The molecule has 336 valence electrons. The monoisotopic (exact) mass is 857 g/mol. The number of amides is 3. The number of aryl methyl sites for hydroxylation is 1. The predicted molar refractivity (Wildman–Crippen MR) is 238 cm³/mol. The smallest absolute Gasteiger partial charge is 0.305 e. The Labute approximate surface area is 364 Å². The number of hydrogen-bond donors (Lipinski definition) is 5. The summed E-state index contributed by atoms with van der Waals surface area (Å²) in [6, 6.07) is 21.2. The van der Waals surface area contributed by atoms with Gasteiger partial charge in [0.1, 0.15) is 24.2 Å². The van der Waals surface area contributed by atoms with Crippen molar-refractivity contribution in [1.82, 2.24) is 20.9 Å². The lowest BCUT2D eigenvalue weighted by Crippen LogP contribution is -2.49. The molecule has 0 radical (unpaired) electrons. The van der Waals surface area contributed by atoms with Crippen molar-refractivity contribution in [3.8, 4) is 16.9 Å². The second kappa shape index (κ2) is 27.4. The van der Waals surface area contributed by atoms with Gasteiger partial charge in [0.2, 0.25) is 17.7 Å². The summed E-state index contributed by atoms with van der Waals surface area (Å²) in [5, 5.41) is 22.7. The van der Waals surface area contributed by atoms with Crippen molar-refractivity contribution in [3.05, 3.63) is 90.1 Å². The van der Waals surface area contributed by atoms with Crippen molar-refractivity contribution < 1.29 is 48.0 Å². The molecule has 2 atom stereocenters. The van der Waals surface area contributed by atoms with Crippen LogP contribution in [0.3, 0.4) is 0 Å². The Bertz CT molecular complexity index is 1990. The molecule has 1 heterocycles. The molecule has 3 aromatic carbocycles. The third kappa shape index (κ3) is 18.2. The zero-order valence-corrected chi connectivity index (χ0v) is 36.4. The maximum atomic E-state index is 13.0. The first-order valence-corrected chi connectivity index (χ1v) is 21.3. The molecule has 4 aromatic rings. The molecule has 15 nitrogen and oxygen atoms in total. The average molecular weight is 858 g/mol. The van der Waals surface area contributed by atoms with Gasteiger partial charge < -0.3 is 50.1 Å². The lowest BCUT2D eigenvalue weighted by molar-refractivity contribution is -0.138. The number of nitrogens with zero attached hydrogens (tertiary/aromatic N) is 1. The van der Waals surface area contributed by atoms with Crippen LogP contribution >= 0.6 is 0 Å². The molecule has 62 heavy (non-hydrogen) atoms. The molecule has 0 saturated heterocycles. The molecule has 0 saturated carbocycles. The number of carboxylic acid groups (broad SMARTS) is 1. The zero-order valence-electron chi connectivity index (χ0n) is 36.4. The second-order valence-corrected chi connectivity index (χ2v) is 15.2. The number of fused-ring (bicyclic) bond motifs is 1. The molecule has 0 fully saturated rings. The minimum Gasteiger partial charge on any atom is -0.491 e. The summed E-state index contributed by atoms with van der Waals surface area (Å²) < 4.78 is 28.4. The van der Waals surface area contributed by atoms with Gasteiger partial charge in [0, 0.05) is 31.7 Å². The van der Waals surface area contributed by atoms with Gasteiger partial charge in [0.15, 0.2) is 0 Å². The summed E-state index contributed by atoms with van der Waals surface area (Å²) in [5.41, 5.74) is 3.49. The van der Waals surface area contributed by atoms with E-state index in [-0.39, 0.29) is 12.3 Å². The standard InChI is InChI=1S/C47H63N5O10/c1-33(2)18-21-58-22-23-59-24-25-60-26-27-61-28-29-62-43-16-15-38(39-8-5-6-9-40(39)43)36-11-13-37(14-12-36)42(31-46(55)56)52-45(54)32-50-47(57)41(51-35(4)53)10-7-19-48-44-30-34(3)17-20-49-44/h5-6,8-9,11-17,20,30,33,41-42H,7,10,18-19,21-29,31-32H2,1-4H3,(H,48,49)(H,50,57)(H,51,53)(H,52,54)(H,55,56)/t41-,42-/m0/s1. The number of hydrogen-bond acceptors (Lipinski definition) is 11. The molecular formula is C47H63N5O10. The quantitative estimate of drug-likeness (QED) is 0.0394. The Kier molecular flexibility index (Phi) is 21.6. The molecule has 4 rings (SSSR count). The van der Waals surface area contributed by atoms with E-state index in [9.17, 15) is 24.3 Å². The first-order valence-electron chi connectivity index (χ1n) is 21.3. The second-order valence-electron chi connectivity index (χ2n) is 15.2. The van der Waals surface area contributed by atoms with Crippen LogP contribution in [0.25, 0.3) is 21.9 Å². The summed E-state index contributed by atoms with van der Waals surface area (Å²) >= 11 is 0. The van der Waals surface area contributed by atoms with Gasteiger partial charge in [-0.3, -0.25) is 19.2 Å². The van der Waals surface area contributed by atoms with E-state index in [4.69, 9.17) is 23.7 Å². The van der Waals surface area contributed by atoms with Crippen molar-refractivity contribution in [2.45, 2.75) is 65.5 Å². The van der Waals surface area contributed by atoms with Crippen molar-refractivity contribution in [3.63, 3.8) is 0 Å². The summed E-state index contributed by atoms with van der Waals surface area (Å²) in [6.07, 6.45) is 3.25. The molecule has 5 N–H and O–H groups in total. The molecule has 0 unspecified atom stereocenters.